The monoisotopic (exact) mass is 182 g/mol. The van der Waals surface area contributed by atoms with Crippen LogP contribution in [0.25, 0.3) is 0 Å². The van der Waals surface area contributed by atoms with E-state index >= 15 is 0 Å². The highest BCUT2D eigenvalue weighted by molar-refractivity contribution is 6.37. The van der Waals surface area contributed by atoms with E-state index in [1.54, 1.807) is 0 Å². The van der Waals surface area contributed by atoms with E-state index in [0.717, 1.165) is 12.8 Å². The van der Waals surface area contributed by atoms with Crippen LogP contribution >= 0.6 is 23.2 Å². The van der Waals surface area contributed by atoms with Crippen LogP contribution in [0.1, 0.15) is 26.7 Å². The third-order valence-corrected chi connectivity index (χ3v) is 2.48. The zero-order chi connectivity index (χ0) is 8.15. The highest BCUT2D eigenvalue weighted by Gasteiger charge is 2.19. The molecular formula is C7H12Cl2O. The van der Waals surface area contributed by atoms with Gasteiger partial charge in [-0.25, -0.2) is 0 Å². The molecule has 0 radical (unpaired) electrons. The molecule has 60 valence electrons. The predicted molar refractivity (Wildman–Crippen MR) is 44.9 cm³/mol. The van der Waals surface area contributed by atoms with E-state index in [1.807, 2.05) is 6.92 Å². The molecule has 0 spiro atoms. The molecule has 0 bridgehead atoms. The Bertz CT molecular complexity index is 114. The van der Waals surface area contributed by atoms with Gasteiger partial charge in [0.1, 0.15) is 11.2 Å². The number of hydrogen-bond acceptors (Lipinski definition) is 1. The van der Waals surface area contributed by atoms with Crippen molar-refractivity contribution in [2.75, 3.05) is 0 Å². The average Bonchev–Trinajstić information content (AvgIpc) is 1.87. The Morgan fingerprint density at radius 3 is 2.30 bits per heavy atom. The molecular weight excluding hydrogens is 171 g/mol. The number of halogens is 2. The lowest BCUT2D eigenvalue weighted by atomic mass is 10.1. The first kappa shape index (κ1) is 10.2. The van der Waals surface area contributed by atoms with Crippen molar-refractivity contribution in [3.05, 3.63) is 0 Å². The molecule has 0 aromatic heterocycles. The number of rotatable bonds is 4. The maximum absolute atomic E-state index is 10.6. The SMILES string of the molecule is CCCC(Cl)C(Cl)C(C)=O. The Labute approximate surface area is 71.7 Å². The van der Waals surface area contributed by atoms with E-state index in [4.69, 9.17) is 23.2 Å². The standard InChI is InChI=1S/C7H12Cl2O/c1-3-4-6(8)7(9)5(2)10/h6-7H,3-4H2,1-2H3. The molecule has 10 heavy (non-hydrogen) atoms. The van der Waals surface area contributed by atoms with Gasteiger partial charge in [0, 0.05) is 0 Å². The number of ketones is 1. The molecule has 0 rings (SSSR count). The summed E-state index contributed by atoms with van der Waals surface area (Å²) in [6.45, 7) is 3.47. The maximum Gasteiger partial charge on any atom is 0.149 e. The van der Waals surface area contributed by atoms with Crippen LogP contribution in [0, 0.1) is 0 Å². The van der Waals surface area contributed by atoms with Crippen molar-refractivity contribution in [3.63, 3.8) is 0 Å². The van der Waals surface area contributed by atoms with Crippen LogP contribution < -0.4 is 0 Å². The molecule has 0 aromatic carbocycles. The van der Waals surface area contributed by atoms with Gasteiger partial charge in [0.15, 0.2) is 0 Å². The van der Waals surface area contributed by atoms with E-state index in [9.17, 15) is 4.79 Å². The first-order valence-corrected chi connectivity index (χ1v) is 4.25. The zero-order valence-corrected chi connectivity index (χ0v) is 7.74. The highest BCUT2D eigenvalue weighted by atomic mass is 35.5. The van der Waals surface area contributed by atoms with E-state index < -0.39 is 5.38 Å². The average molecular weight is 183 g/mol. The Hall–Kier alpha value is 0.250. The molecule has 0 aliphatic heterocycles. The molecule has 0 amide bonds. The minimum atomic E-state index is -0.512. The molecule has 0 aliphatic rings. The van der Waals surface area contributed by atoms with Gasteiger partial charge in [-0.1, -0.05) is 13.3 Å². The maximum atomic E-state index is 10.6. The third-order valence-electron chi connectivity index (χ3n) is 1.27. The van der Waals surface area contributed by atoms with Gasteiger partial charge in [-0.3, -0.25) is 4.79 Å². The van der Waals surface area contributed by atoms with Crippen molar-refractivity contribution in [2.24, 2.45) is 0 Å². The fourth-order valence-corrected chi connectivity index (χ4v) is 1.20. The fraction of sp³-hybridized carbons (Fsp3) is 0.857. The molecule has 3 heteroatoms. The second-order valence-electron chi connectivity index (χ2n) is 2.32. The van der Waals surface area contributed by atoms with Crippen molar-refractivity contribution < 1.29 is 4.79 Å². The van der Waals surface area contributed by atoms with Crippen LogP contribution in [-0.4, -0.2) is 16.5 Å². The van der Waals surface area contributed by atoms with Crippen molar-refractivity contribution in [2.45, 2.75) is 37.4 Å². The smallest absolute Gasteiger partial charge is 0.149 e. The third kappa shape index (κ3) is 3.43. The number of Topliss-reactive ketones (excluding diaryl/α,β-unsaturated/α-hetero) is 1. The molecule has 0 saturated heterocycles. The van der Waals surface area contributed by atoms with Crippen LogP contribution in [0.3, 0.4) is 0 Å². The Morgan fingerprint density at radius 2 is 2.00 bits per heavy atom. The number of carbonyl (C=O) groups excluding carboxylic acids is 1. The number of alkyl halides is 2. The van der Waals surface area contributed by atoms with Gasteiger partial charge >= 0.3 is 0 Å². The van der Waals surface area contributed by atoms with Crippen LogP contribution in [0.2, 0.25) is 0 Å². The van der Waals surface area contributed by atoms with E-state index in [2.05, 4.69) is 0 Å². The van der Waals surface area contributed by atoms with Crippen LogP contribution in [0.15, 0.2) is 0 Å². The molecule has 1 nitrogen and oxygen atoms in total. The molecule has 0 heterocycles. The van der Waals surface area contributed by atoms with Crippen molar-refractivity contribution in [1.82, 2.24) is 0 Å². The lowest BCUT2D eigenvalue weighted by Gasteiger charge is -2.10. The van der Waals surface area contributed by atoms with Gasteiger partial charge in [-0.2, -0.15) is 0 Å². The number of hydrogen-bond donors (Lipinski definition) is 0. The van der Waals surface area contributed by atoms with Gasteiger partial charge in [0.25, 0.3) is 0 Å². The zero-order valence-electron chi connectivity index (χ0n) is 6.23. The first-order valence-electron chi connectivity index (χ1n) is 3.38. The summed E-state index contributed by atoms with van der Waals surface area (Å²) in [4.78, 5) is 10.6. The Balaban J connectivity index is 3.69. The van der Waals surface area contributed by atoms with Gasteiger partial charge in [-0.15, -0.1) is 23.2 Å². The van der Waals surface area contributed by atoms with Crippen LogP contribution in [-0.2, 0) is 4.79 Å². The summed E-state index contributed by atoms with van der Waals surface area (Å²) in [6.07, 6.45) is 1.76. The van der Waals surface area contributed by atoms with Crippen LogP contribution in [0.5, 0.6) is 0 Å². The largest absolute Gasteiger partial charge is 0.298 e. The summed E-state index contributed by atoms with van der Waals surface area (Å²) >= 11 is 11.4. The van der Waals surface area contributed by atoms with Gasteiger partial charge in [-0.05, 0) is 13.3 Å². The minimum absolute atomic E-state index is 0.0462. The molecule has 0 N–H and O–H groups in total. The van der Waals surface area contributed by atoms with E-state index in [-0.39, 0.29) is 11.2 Å². The van der Waals surface area contributed by atoms with Crippen molar-refractivity contribution >= 4 is 29.0 Å². The second-order valence-corrected chi connectivity index (χ2v) is 3.35. The van der Waals surface area contributed by atoms with Crippen molar-refractivity contribution in [3.8, 4) is 0 Å². The van der Waals surface area contributed by atoms with Gasteiger partial charge in [0.2, 0.25) is 0 Å². The molecule has 2 unspecified atom stereocenters. The molecule has 0 saturated carbocycles. The lowest BCUT2D eigenvalue weighted by molar-refractivity contribution is -0.116. The lowest BCUT2D eigenvalue weighted by Crippen LogP contribution is -2.22. The summed E-state index contributed by atoms with van der Waals surface area (Å²) < 4.78 is 0. The Morgan fingerprint density at radius 1 is 1.50 bits per heavy atom. The fourth-order valence-electron chi connectivity index (χ4n) is 0.677. The summed E-state index contributed by atoms with van der Waals surface area (Å²) in [5, 5.41) is -0.717. The summed E-state index contributed by atoms with van der Waals surface area (Å²) in [6, 6.07) is 0. The normalized spacial score (nSPS) is 16.4. The van der Waals surface area contributed by atoms with Gasteiger partial charge in [0.05, 0.1) is 5.38 Å². The van der Waals surface area contributed by atoms with Crippen LogP contribution in [0.4, 0.5) is 0 Å². The van der Waals surface area contributed by atoms with E-state index in [0.29, 0.717) is 0 Å². The topological polar surface area (TPSA) is 17.1 Å². The highest BCUT2D eigenvalue weighted by Crippen LogP contribution is 2.15. The summed E-state index contributed by atoms with van der Waals surface area (Å²) in [5.74, 6) is -0.0462. The quantitative estimate of drug-likeness (QED) is 0.612. The Kier molecular flexibility index (Phi) is 5.10. The van der Waals surface area contributed by atoms with E-state index in [1.165, 1.54) is 6.92 Å². The molecule has 2 atom stereocenters. The molecule has 0 aromatic rings. The number of carbonyl (C=O) groups is 1. The second kappa shape index (κ2) is 4.97. The van der Waals surface area contributed by atoms with Gasteiger partial charge < -0.3 is 0 Å². The molecule has 0 fully saturated rings. The minimum Gasteiger partial charge on any atom is -0.298 e. The first-order chi connectivity index (χ1) is 4.59. The summed E-state index contributed by atoms with van der Waals surface area (Å²) in [5.41, 5.74) is 0. The molecule has 0 aliphatic carbocycles. The summed E-state index contributed by atoms with van der Waals surface area (Å²) in [7, 11) is 0. The predicted octanol–water partition coefficient (Wildman–Crippen LogP) is 2.59. The van der Waals surface area contributed by atoms with Crippen molar-refractivity contribution in [1.29, 1.82) is 0 Å².